The molecule has 0 aromatic carbocycles. The molecule has 1 N–H and O–H groups in total. The highest BCUT2D eigenvalue weighted by Gasteiger charge is 2.20. The summed E-state index contributed by atoms with van der Waals surface area (Å²) in [5, 5.41) is 8.67. The van der Waals surface area contributed by atoms with Crippen molar-refractivity contribution in [1.82, 2.24) is 15.1 Å². The predicted molar refractivity (Wildman–Crippen MR) is 80.4 cm³/mol. The Kier molecular flexibility index (Phi) is 5.28. The maximum atomic E-state index is 6.23. The second-order valence-electron chi connectivity index (χ2n) is 5.90. The van der Waals surface area contributed by atoms with Crippen LogP contribution in [0.5, 0.6) is 0 Å². The van der Waals surface area contributed by atoms with E-state index in [-0.39, 0.29) is 0 Å². The zero-order valence-corrected chi connectivity index (χ0v) is 13.1. The van der Waals surface area contributed by atoms with Gasteiger partial charge in [0.25, 0.3) is 0 Å². The molecule has 1 saturated carbocycles. The van der Waals surface area contributed by atoms with E-state index in [9.17, 15) is 0 Å². The van der Waals surface area contributed by atoms with Gasteiger partial charge >= 0.3 is 0 Å². The minimum absolute atomic E-state index is 0.764. The fraction of sp³-hybridized carbons (Fsp3) is 0.800. The van der Waals surface area contributed by atoms with Crippen molar-refractivity contribution in [1.29, 1.82) is 0 Å². The second kappa shape index (κ2) is 6.76. The molecule has 1 aromatic rings. The van der Waals surface area contributed by atoms with Gasteiger partial charge in [-0.1, -0.05) is 37.8 Å². The molecule has 0 radical (unpaired) electrons. The molecule has 4 heteroatoms. The van der Waals surface area contributed by atoms with Gasteiger partial charge in [-0.25, -0.2) is 0 Å². The topological polar surface area (TPSA) is 29.9 Å². The van der Waals surface area contributed by atoms with Gasteiger partial charge in [0.05, 0.1) is 5.69 Å². The molecule has 0 unspecified atom stereocenters. The summed E-state index contributed by atoms with van der Waals surface area (Å²) in [5.41, 5.74) is 2.18. The Bertz CT molecular complexity index is 406. The smallest absolute Gasteiger partial charge is 0.131 e. The molecule has 0 aliphatic heterocycles. The molecular weight excluding hydrogens is 258 g/mol. The highest BCUT2D eigenvalue weighted by Crippen LogP contribution is 2.30. The average molecular weight is 284 g/mol. The van der Waals surface area contributed by atoms with E-state index >= 15 is 0 Å². The lowest BCUT2D eigenvalue weighted by atomic mass is 9.81. The van der Waals surface area contributed by atoms with E-state index < -0.39 is 0 Å². The van der Waals surface area contributed by atoms with Gasteiger partial charge in [0.1, 0.15) is 5.15 Å². The third kappa shape index (κ3) is 3.73. The number of hydrogen-bond donors (Lipinski definition) is 1. The molecule has 108 valence electrons. The summed E-state index contributed by atoms with van der Waals surface area (Å²) in [6.45, 7) is 6.29. The van der Waals surface area contributed by atoms with E-state index in [1.807, 2.05) is 14.0 Å². The van der Waals surface area contributed by atoms with E-state index in [4.69, 9.17) is 11.6 Å². The van der Waals surface area contributed by atoms with Crippen LogP contribution in [0, 0.1) is 18.8 Å². The Labute approximate surface area is 121 Å². The Morgan fingerprint density at radius 2 is 1.89 bits per heavy atom. The maximum Gasteiger partial charge on any atom is 0.131 e. The van der Waals surface area contributed by atoms with E-state index in [2.05, 4.69) is 17.3 Å². The van der Waals surface area contributed by atoms with Crippen LogP contribution in [-0.2, 0) is 13.6 Å². The summed E-state index contributed by atoms with van der Waals surface area (Å²) in [5.74, 6) is 1.82. The summed E-state index contributed by atoms with van der Waals surface area (Å²) < 4.78 is 1.75. The lowest BCUT2D eigenvalue weighted by Gasteiger charge is -2.27. The Morgan fingerprint density at radius 1 is 1.26 bits per heavy atom. The van der Waals surface area contributed by atoms with Crippen molar-refractivity contribution in [3.63, 3.8) is 0 Å². The molecule has 0 spiro atoms. The molecule has 1 fully saturated rings. The van der Waals surface area contributed by atoms with Crippen LogP contribution in [0.2, 0.25) is 5.15 Å². The molecule has 1 aromatic heterocycles. The summed E-state index contributed by atoms with van der Waals surface area (Å²) in [6.07, 6.45) is 6.94. The van der Waals surface area contributed by atoms with Crippen molar-refractivity contribution >= 4 is 11.6 Å². The molecule has 3 nitrogen and oxygen atoms in total. The van der Waals surface area contributed by atoms with Crippen molar-refractivity contribution in [2.75, 3.05) is 6.54 Å². The molecular formula is C15H26ClN3. The van der Waals surface area contributed by atoms with E-state index in [1.54, 1.807) is 4.68 Å². The minimum Gasteiger partial charge on any atom is -0.312 e. The summed E-state index contributed by atoms with van der Waals surface area (Å²) in [4.78, 5) is 0. The van der Waals surface area contributed by atoms with Gasteiger partial charge < -0.3 is 5.32 Å². The first-order valence-electron chi connectivity index (χ1n) is 7.50. The van der Waals surface area contributed by atoms with Crippen molar-refractivity contribution in [3.8, 4) is 0 Å². The van der Waals surface area contributed by atoms with Crippen LogP contribution in [0.1, 0.15) is 50.3 Å². The van der Waals surface area contributed by atoms with Crippen LogP contribution in [0.4, 0.5) is 0 Å². The average Bonchev–Trinajstić information content (AvgIpc) is 2.66. The van der Waals surface area contributed by atoms with Crippen molar-refractivity contribution < 1.29 is 0 Å². The molecule has 1 aliphatic carbocycles. The van der Waals surface area contributed by atoms with Crippen LogP contribution in [0.25, 0.3) is 0 Å². The number of aryl methyl sites for hydroxylation is 2. The third-order valence-electron chi connectivity index (χ3n) is 4.55. The number of nitrogens with one attached hydrogen (secondary N) is 1. The number of rotatable bonds is 5. The largest absolute Gasteiger partial charge is 0.312 e. The Morgan fingerprint density at radius 3 is 2.42 bits per heavy atom. The van der Waals surface area contributed by atoms with Gasteiger partial charge in [-0.3, -0.25) is 4.68 Å². The van der Waals surface area contributed by atoms with Gasteiger partial charge in [-0.05, 0) is 38.1 Å². The molecule has 19 heavy (non-hydrogen) atoms. The summed E-state index contributed by atoms with van der Waals surface area (Å²) in [6, 6.07) is 0. The number of hydrogen-bond acceptors (Lipinski definition) is 2. The molecule has 0 amide bonds. The van der Waals surface area contributed by atoms with Gasteiger partial charge in [0, 0.05) is 19.2 Å². The standard InChI is InChI=1S/C15H26ClN3/c1-4-12-5-7-13(8-6-12)9-17-10-14-11(2)18-19(3)15(14)16/h12-13,17H,4-10H2,1-3H3. The summed E-state index contributed by atoms with van der Waals surface area (Å²) >= 11 is 6.23. The predicted octanol–water partition coefficient (Wildman–Crippen LogP) is 3.69. The molecule has 2 rings (SSSR count). The van der Waals surface area contributed by atoms with E-state index in [0.29, 0.717) is 0 Å². The van der Waals surface area contributed by atoms with E-state index in [0.717, 1.165) is 41.3 Å². The number of aromatic nitrogens is 2. The first kappa shape index (κ1) is 14.9. The monoisotopic (exact) mass is 283 g/mol. The van der Waals surface area contributed by atoms with Crippen molar-refractivity contribution in [3.05, 3.63) is 16.4 Å². The quantitative estimate of drug-likeness (QED) is 0.893. The first-order chi connectivity index (χ1) is 9.11. The molecule has 0 bridgehead atoms. The summed E-state index contributed by atoms with van der Waals surface area (Å²) in [7, 11) is 1.89. The van der Waals surface area contributed by atoms with Crippen LogP contribution in [0.3, 0.4) is 0 Å². The lowest BCUT2D eigenvalue weighted by Crippen LogP contribution is -2.26. The van der Waals surface area contributed by atoms with Gasteiger partial charge in [-0.15, -0.1) is 0 Å². The molecule has 1 aliphatic rings. The second-order valence-corrected chi connectivity index (χ2v) is 6.26. The molecule has 0 saturated heterocycles. The molecule has 0 atom stereocenters. The Balaban J connectivity index is 1.75. The first-order valence-corrected chi connectivity index (χ1v) is 7.88. The van der Waals surface area contributed by atoms with Crippen molar-refractivity contribution in [2.24, 2.45) is 18.9 Å². The van der Waals surface area contributed by atoms with E-state index in [1.165, 1.54) is 32.1 Å². The Hall–Kier alpha value is -0.540. The highest BCUT2D eigenvalue weighted by atomic mass is 35.5. The van der Waals surface area contributed by atoms with Gasteiger partial charge in [0.2, 0.25) is 0 Å². The highest BCUT2D eigenvalue weighted by molar-refractivity contribution is 6.30. The van der Waals surface area contributed by atoms with Gasteiger partial charge in [0.15, 0.2) is 0 Å². The number of halogens is 1. The van der Waals surface area contributed by atoms with Crippen molar-refractivity contribution in [2.45, 2.75) is 52.5 Å². The SMILES string of the molecule is CCC1CCC(CNCc2c(C)nn(C)c2Cl)CC1. The van der Waals surface area contributed by atoms with Crippen LogP contribution >= 0.6 is 11.6 Å². The zero-order valence-electron chi connectivity index (χ0n) is 12.4. The van der Waals surface area contributed by atoms with Crippen LogP contribution < -0.4 is 5.32 Å². The fourth-order valence-corrected chi connectivity index (χ4v) is 3.36. The number of nitrogens with zero attached hydrogens (tertiary/aromatic N) is 2. The zero-order chi connectivity index (χ0) is 13.8. The maximum absolute atomic E-state index is 6.23. The normalized spacial score (nSPS) is 23.8. The van der Waals surface area contributed by atoms with Crippen LogP contribution in [-0.4, -0.2) is 16.3 Å². The molecule has 1 heterocycles. The van der Waals surface area contributed by atoms with Gasteiger partial charge in [-0.2, -0.15) is 5.10 Å². The van der Waals surface area contributed by atoms with Crippen LogP contribution in [0.15, 0.2) is 0 Å². The fourth-order valence-electron chi connectivity index (χ4n) is 3.12. The third-order valence-corrected chi connectivity index (χ3v) is 5.02. The minimum atomic E-state index is 0.764. The lowest BCUT2D eigenvalue weighted by molar-refractivity contribution is 0.262.